The number of ether oxygens (including phenoxy) is 1. The molecule has 0 spiro atoms. The first-order chi connectivity index (χ1) is 12.0. The summed E-state index contributed by atoms with van der Waals surface area (Å²) >= 11 is 7.51. The van der Waals surface area contributed by atoms with Crippen molar-refractivity contribution in [3.05, 3.63) is 64.4 Å². The summed E-state index contributed by atoms with van der Waals surface area (Å²) in [5.41, 5.74) is 1.01. The number of carbonyl (C=O) groups is 1. The average molecular weight is 382 g/mol. The van der Waals surface area contributed by atoms with Crippen molar-refractivity contribution >= 4 is 29.3 Å². The van der Waals surface area contributed by atoms with E-state index in [4.69, 9.17) is 16.3 Å². The highest BCUT2D eigenvalue weighted by Crippen LogP contribution is 2.24. The van der Waals surface area contributed by atoms with Gasteiger partial charge in [-0.1, -0.05) is 29.8 Å². The largest absolute Gasteiger partial charge is 0.490 e. The van der Waals surface area contributed by atoms with E-state index in [1.54, 1.807) is 30.3 Å². The van der Waals surface area contributed by atoms with Crippen LogP contribution in [0.15, 0.2) is 42.5 Å². The summed E-state index contributed by atoms with van der Waals surface area (Å²) in [6.07, 6.45) is -0.00461. The lowest BCUT2D eigenvalue weighted by molar-refractivity contribution is 0.0950. The fraction of sp³-hybridized carbons (Fsp3) is 0.316. The van der Waals surface area contributed by atoms with E-state index in [1.165, 1.54) is 17.8 Å². The van der Waals surface area contributed by atoms with Crippen LogP contribution in [-0.4, -0.2) is 24.3 Å². The highest BCUT2D eigenvalue weighted by molar-refractivity contribution is 7.98. The highest BCUT2D eigenvalue weighted by Gasteiger charge is 2.12. The summed E-state index contributed by atoms with van der Waals surface area (Å²) in [6.45, 7) is 4.31. The van der Waals surface area contributed by atoms with Crippen LogP contribution < -0.4 is 10.1 Å². The Hall–Kier alpha value is -1.72. The molecule has 0 heterocycles. The number of rotatable bonds is 8. The molecule has 0 bridgehead atoms. The van der Waals surface area contributed by atoms with Gasteiger partial charge < -0.3 is 10.1 Å². The van der Waals surface area contributed by atoms with E-state index >= 15 is 0 Å². The van der Waals surface area contributed by atoms with Gasteiger partial charge in [-0.05, 0) is 38.1 Å². The predicted molar refractivity (Wildman–Crippen MR) is 102 cm³/mol. The molecule has 0 saturated heterocycles. The molecule has 2 aromatic carbocycles. The van der Waals surface area contributed by atoms with Gasteiger partial charge in [-0.15, -0.1) is 0 Å². The van der Waals surface area contributed by atoms with E-state index in [9.17, 15) is 9.18 Å². The first-order valence-corrected chi connectivity index (χ1v) is 9.57. The number of halogens is 2. The molecule has 0 aromatic heterocycles. The average Bonchev–Trinajstić information content (AvgIpc) is 2.56. The first-order valence-electron chi connectivity index (χ1n) is 8.03. The summed E-state index contributed by atoms with van der Waals surface area (Å²) in [5, 5.41) is 3.29. The molecule has 6 heteroatoms. The minimum atomic E-state index is -0.302. The molecule has 0 unspecified atom stereocenters. The zero-order valence-electron chi connectivity index (χ0n) is 14.2. The van der Waals surface area contributed by atoms with Gasteiger partial charge in [-0.2, -0.15) is 11.8 Å². The SMILES string of the molecule is CC(C)Oc1ccccc1C(=O)NCCSCc1c(F)cccc1Cl. The highest BCUT2D eigenvalue weighted by atomic mass is 35.5. The molecule has 1 amide bonds. The second-order valence-corrected chi connectivity index (χ2v) is 7.18. The van der Waals surface area contributed by atoms with Crippen LogP contribution in [0.25, 0.3) is 0 Å². The Morgan fingerprint density at radius 2 is 2.00 bits per heavy atom. The maximum absolute atomic E-state index is 13.7. The van der Waals surface area contributed by atoms with E-state index in [0.29, 0.717) is 39.9 Å². The van der Waals surface area contributed by atoms with Crippen LogP contribution in [0, 0.1) is 5.82 Å². The zero-order valence-corrected chi connectivity index (χ0v) is 15.8. The smallest absolute Gasteiger partial charge is 0.255 e. The Balaban J connectivity index is 1.81. The number of carbonyl (C=O) groups excluding carboxylic acids is 1. The van der Waals surface area contributed by atoms with Crippen LogP contribution >= 0.6 is 23.4 Å². The molecule has 2 aromatic rings. The van der Waals surface area contributed by atoms with Crippen LogP contribution in [0.3, 0.4) is 0 Å². The molecule has 0 radical (unpaired) electrons. The molecule has 25 heavy (non-hydrogen) atoms. The molecule has 3 nitrogen and oxygen atoms in total. The van der Waals surface area contributed by atoms with Crippen LogP contribution in [0.1, 0.15) is 29.8 Å². The topological polar surface area (TPSA) is 38.3 Å². The maximum Gasteiger partial charge on any atom is 0.255 e. The third-order valence-corrected chi connectivity index (χ3v) is 4.67. The Kier molecular flexibility index (Phi) is 7.59. The molecule has 0 aliphatic rings. The molecular formula is C19H21ClFNO2S. The van der Waals surface area contributed by atoms with E-state index in [2.05, 4.69) is 5.32 Å². The molecular weight excluding hydrogens is 361 g/mol. The van der Waals surface area contributed by atoms with Crippen molar-refractivity contribution in [2.45, 2.75) is 25.7 Å². The summed E-state index contributed by atoms with van der Waals surface area (Å²) in [5.74, 6) is 1.21. The minimum absolute atomic E-state index is 0.00461. The summed E-state index contributed by atoms with van der Waals surface area (Å²) in [6, 6.07) is 11.8. The standard InChI is InChI=1S/C19H21ClFNO2S/c1-13(2)24-18-9-4-3-6-14(18)19(23)22-10-11-25-12-15-16(20)7-5-8-17(15)21/h3-9,13H,10-12H2,1-2H3,(H,22,23). The van der Waals surface area contributed by atoms with Gasteiger partial charge in [0.25, 0.3) is 5.91 Å². The van der Waals surface area contributed by atoms with Gasteiger partial charge in [0, 0.05) is 28.6 Å². The van der Waals surface area contributed by atoms with Gasteiger partial charge in [-0.3, -0.25) is 4.79 Å². The van der Waals surface area contributed by atoms with E-state index in [1.807, 2.05) is 19.9 Å². The van der Waals surface area contributed by atoms with Crippen LogP contribution in [-0.2, 0) is 5.75 Å². The van der Waals surface area contributed by atoms with Crippen molar-refractivity contribution in [2.75, 3.05) is 12.3 Å². The lowest BCUT2D eigenvalue weighted by Gasteiger charge is -2.14. The minimum Gasteiger partial charge on any atom is -0.490 e. The van der Waals surface area contributed by atoms with Gasteiger partial charge in [0.2, 0.25) is 0 Å². The van der Waals surface area contributed by atoms with Gasteiger partial charge in [0.15, 0.2) is 0 Å². The van der Waals surface area contributed by atoms with Gasteiger partial charge in [0.05, 0.1) is 11.7 Å². The predicted octanol–water partition coefficient (Wildman–Crippen LogP) is 4.93. The van der Waals surface area contributed by atoms with Gasteiger partial charge >= 0.3 is 0 Å². The molecule has 0 fully saturated rings. The summed E-state index contributed by atoms with van der Waals surface area (Å²) in [7, 11) is 0. The number of amides is 1. The number of para-hydroxylation sites is 1. The van der Waals surface area contributed by atoms with E-state index in [-0.39, 0.29) is 17.8 Å². The monoisotopic (exact) mass is 381 g/mol. The quantitative estimate of drug-likeness (QED) is 0.659. The van der Waals surface area contributed by atoms with Crippen molar-refractivity contribution in [1.29, 1.82) is 0 Å². The number of hydrogen-bond acceptors (Lipinski definition) is 3. The fourth-order valence-electron chi connectivity index (χ4n) is 2.19. The van der Waals surface area contributed by atoms with E-state index in [0.717, 1.165) is 0 Å². The number of nitrogens with one attached hydrogen (secondary N) is 1. The molecule has 134 valence electrons. The van der Waals surface area contributed by atoms with Crippen molar-refractivity contribution < 1.29 is 13.9 Å². The van der Waals surface area contributed by atoms with Gasteiger partial charge in [0.1, 0.15) is 11.6 Å². The third kappa shape index (κ3) is 5.94. The number of benzene rings is 2. The van der Waals surface area contributed by atoms with Crippen LogP contribution in [0.4, 0.5) is 4.39 Å². The van der Waals surface area contributed by atoms with Crippen molar-refractivity contribution in [2.24, 2.45) is 0 Å². The lowest BCUT2D eigenvalue weighted by Crippen LogP contribution is -2.26. The Bertz CT molecular complexity index is 704. The molecule has 0 aliphatic carbocycles. The normalized spacial score (nSPS) is 10.8. The van der Waals surface area contributed by atoms with Crippen molar-refractivity contribution in [3.8, 4) is 5.75 Å². The Labute approximate surface area is 156 Å². The van der Waals surface area contributed by atoms with Crippen LogP contribution in [0.5, 0.6) is 5.75 Å². The number of thioether (sulfide) groups is 1. The molecule has 0 aliphatic heterocycles. The second-order valence-electron chi connectivity index (χ2n) is 5.67. The fourth-order valence-corrected chi connectivity index (χ4v) is 3.38. The Morgan fingerprint density at radius 3 is 2.72 bits per heavy atom. The van der Waals surface area contributed by atoms with Gasteiger partial charge in [-0.25, -0.2) is 4.39 Å². The lowest BCUT2D eigenvalue weighted by atomic mass is 10.2. The first kappa shape index (κ1) is 19.6. The van der Waals surface area contributed by atoms with E-state index < -0.39 is 0 Å². The second kappa shape index (κ2) is 9.68. The number of hydrogen-bond donors (Lipinski definition) is 1. The zero-order chi connectivity index (χ0) is 18.2. The van der Waals surface area contributed by atoms with Crippen molar-refractivity contribution in [3.63, 3.8) is 0 Å². The molecule has 0 atom stereocenters. The maximum atomic E-state index is 13.7. The third-order valence-electron chi connectivity index (χ3n) is 3.33. The summed E-state index contributed by atoms with van der Waals surface area (Å²) < 4.78 is 19.3. The molecule has 2 rings (SSSR count). The Morgan fingerprint density at radius 1 is 1.24 bits per heavy atom. The molecule has 1 N–H and O–H groups in total. The van der Waals surface area contributed by atoms with Crippen LogP contribution in [0.2, 0.25) is 5.02 Å². The molecule has 0 saturated carbocycles. The van der Waals surface area contributed by atoms with Crippen molar-refractivity contribution in [1.82, 2.24) is 5.32 Å². The summed E-state index contributed by atoms with van der Waals surface area (Å²) in [4.78, 5) is 12.3.